The molecule has 0 aliphatic carbocycles. The Morgan fingerprint density at radius 3 is 2.84 bits per heavy atom. The Morgan fingerprint density at radius 2 is 2.11 bits per heavy atom. The number of nitrogens with zero attached hydrogens (tertiary/aromatic N) is 2. The van der Waals surface area contributed by atoms with Crippen molar-refractivity contribution in [3.8, 4) is 21.1 Å². The third-order valence-electron chi connectivity index (χ3n) is 2.72. The van der Waals surface area contributed by atoms with Gasteiger partial charge in [-0.2, -0.15) is 0 Å². The number of aryl methyl sites for hydroxylation is 1. The summed E-state index contributed by atoms with van der Waals surface area (Å²) in [7, 11) is 0. The van der Waals surface area contributed by atoms with Gasteiger partial charge in [-0.15, -0.1) is 11.3 Å². The maximum absolute atomic E-state index is 5.16. The van der Waals surface area contributed by atoms with Gasteiger partial charge in [0.1, 0.15) is 9.65 Å². The molecule has 0 aromatic carbocycles. The zero-order valence-corrected chi connectivity index (χ0v) is 11.9. The van der Waals surface area contributed by atoms with E-state index in [2.05, 4.69) is 15.0 Å². The van der Waals surface area contributed by atoms with Crippen LogP contribution >= 0.6 is 23.6 Å². The lowest BCUT2D eigenvalue weighted by Crippen LogP contribution is -1.82. The van der Waals surface area contributed by atoms with Gasteiger partial charge in [0.25, 0.3) is 0 Å². The number of aromatic amines is 1. The first-order valence-corrected chi connectivity index (χ1v) is 7.04. The highest BCUT2D eigenvalue weighted by atomic mass is 32.1. The van der Waals surface area contributed by atoms with Gasteiger partial charge in [-0.25, -0.2) is 4.98 Å². The molecular weight excluding hydrogens is 274 g/mol. The quantitative estimate of drug-likeness (QED) is 0.716. The van der Waals surface area contributed by atoms with Crippen LogP contribution in [0.1, 0.15) is 5.69 Å². The second kappa shape index (κ2) is 5.03. The molecule has 94 valence electrons. The smallest absolute Gasteiger partial charge is 0.125 e. The number of thiazole rings is 1. The van der Waals surface area contributed by atoms with Gasteiger partial charge in [0.05, 0.1) is 16.3 Å². The van der Waals surface area contributed by atoms with E-state index in [4.69, 9.17) is 12.2 Å². The molecule has 19 heavy (non-hydrogen) atoms. The predicted molar refractivity (Wildman–Crippen MR) is 80.7 cm³/mol. The van der Waals surface area contributed by atoms with Gasteiger partial charge < -0.3 is 4.98 Å². The monoisotopic (exact) mass is 285 g/mol. The minimum absolute atomic E-state index is 0.730. The lowest BCUT2D eigenvalue weighted by molar-refractivity contribution is 1.23. The molecule has 3 aromatic heterocycles. The number of nitrogens with one attached hydrogen (secondary N) is 1. The van der Waals surface area contributed by atoms with E-state index >= 15 is 0 Å². The highest BCUT2D eigenvalue weighted by molar-refractivity contribution is 7.71. The maximum atomic E-state index is 5.16. The molecule has 0 aliphatic rings. The SMILES string of the molecule is Cc1nc(-c2cccnc2)sc1-c1cccc(=S)[nH]1. The average Bonchev–Trinajstić information content (AvgIpc) is 2.82. The number of hydrogen-bond donors (Lipinski definition) is 1. The van der Waals surface area contributed by atoms with E-state index in [1.54, 1.807) is 17.5 Å². The summed E-state index contributed by atoms with van der Waals surface area (Å²) in [5.74, 6) is 0. The van der Waals surface area contributed by atoms with E-state index in [9.17, 15) is 0 Å². The van der Waals surface area contributed by atoms with Crippen molar-refractivity contribution in [1.82, 2.24) is 15.0 Å². The summed E-state index contributed by atoms with van der Waals surface area (Å²) in [4.78, 5) is 13.1. The average molecular weight is 285 g/mol. The Balaban J connectivity index is 2.10. The van der Waals surface area contributed by atoms with Gasteiger partial charge in [-0.3, -0.25) is 4.98 Å². The van der Waals surface area contributed by atoms with Crippen molar-refractivity contribution in [3.63, 3.8) is 0 Å². The molecule has 1 N–H and O–H groups in total. The van der Waals surface area contributed by atoms with Gasteiger partial charge in [-0.05, 0) is 31.2 Å². The zero-order valence-electron chi connectivity index (χ0n) is 10.3. The van der Waals surface area contributed by atoms with Crippen LogP contribution in [0.25, 0.3) is 21.1 Å². The van der Waals surface area contributed by atoms with E-state index in [0.29, 0.717) is 0 Å². The van der Waals surface area contributed by atoms with Crippen LogP contribution in [-0.2, 0) is 0 Å². The number of aromatic nitrogens is 3. The second-order valence-electron chi connectivity index (χ2n) is 4.10. The molecule has 0 fully saturated rings. The Kier molecular flexibility index (Phi) is 3.23. The topological polar surface area (TPSA) is 41.6 Å². The molecule has 3 nitrogen and oxygen atoms in total. The Morgan fingerprint density at radius 1 is 1.21 bits per heavy atom. The molecule has 3 aromatic rings. The number of rotatable bonds is 2. The van der Waals surface area contributed by atoms with Crippen LogP contribution in [0.3, 0.4) is 0 Å². The minimum Gasteiger partial charge on any atom is -0.345 e. The molecule has 0 radical (unpaired) electrons. The molecule has 0 aliphatic heterocycles. The largest absolute Gasteiger partial charge is 0.345 e. The fourth-order valence-corrected chi connectivity index (χ4v) is 3.06. The molecule has 0 saturated carbocycles. The summed E-state index contributed by atoms with van der Waals surface area (Å²) >= 11 is 6.81. The first-order chi connectivity index (χ1) is 9.24. The Labute approximate surface area is 120 Å². The summed E-state index contributed by atoms with van der Waals surface area (Å²) in [6.07, 6.45) is 3.59. The third kappa shape index (κ3) is 2.47. The van der Waals surface area contributed by atoms with Crippen molar-refractivity contribution < 1.29 is 0 Å². The van der Waals surface area contributed by atoms with E-state index in [0.717, 1.165) is 31.5 Å². The predicted octanol–water partition coefficient (Wildman–Crippen LogP) is 4.24. The summed E-state index contributed by atoms with van der Waals surface area (Å²) in [5.41, 5.74) is 3.05. The van der Waals surface area contributed by atoms with Gasteiger partial charge >= 0.3 is 0 Å². The first-order valence-electron chi connectivity index (χ1n) is 5.81. The van der Waals surface area contributed by atoms with Crippen molar-refractivity contribution >= 4 is 23.6 Å². The minimum atomic E-state index is 0.730. The summed E-state index contributed by atoms with van der Waals surface area (Å²) in [6.45, 7) is 2.01. The molecule has 3 heterocycles. The molecule has 0 unspecified atom stereocenters. The summed E-state index contributed by atoms with van der Waals surface area (Å²) in [6, 6.07) is 9.78. The Hall–Kier alpha value is -1.85. The number of hydrogen-bond acceptors (Lipinski definition) is 4. The highest BCUT2D eigenvalue weighted by Crippen LogP contribution is 2.33. The van der Waals surface area contributed by atoms with Crippen molar-refractivity contribution in [2.75, 3.05) is 0 Å². The fraction of sp³-hybridized carbons (Fsp3) is 0.0714. The van der Waals surface area contributed by atoms with E-state index in [1.165, 1.54) is 0 Å². The first kappa shape index (κ1) is 12.2. The maximum Gasteiger partial charge on any atom is 0.125 e. The standard InChI is InChI=1S/C14H11N3S2/c1-9-13(11-5-2-6-12(18)17-11)19-14(16-9)10-4-3-7-15-8-10/h2-8H,1H3,(H,17,18). The van der Waals surface area contributed by atoms with Crippen molar-refractivity contribution in [2.24, 2.45) is 0 Å². The molecular formula is C14H11N3S2. The molecule has 0 amide bonds. The van der Waals surface area contributed by atoms with Gasteiger partial charge in [0, 0.05) is 18.0 Å². The van der Waals surface area contributed by atoms with Crippen molar-refractivity contribution in [3.05, 3.63) is 53.1 Å². The van der Waals surface area contributed by atoms with E-state index in [-0.39, 0.29) is 0 Å². The molecule has 0 spiro atoms. The van der Waals surface area contributed by atoms with Crippen LogP contribution in [0, 0.1) is 11.6 Å². The van der Waals surface area contributed by atoms with Crippen LogP contribution in [0.15, 0.2) is 42.7 Å². The van der Waals surface area contributed by atoms with Crippen LogP contribution < -0.4 is 0 Å². The lowest BCUT2D eigenvalue weighted by atomic mass is 10.2. The Bertz CT molecular complexity index is 760. The zero-order chi connectivity index (χ0) is 13.2. The van der Waals surface area contributed by atoms with E-state index < -0.39 is 0 Å². The summed E-state index contributed by atoms with van der Waals surface area (Å²) < 4.78 is 0.730. The fourth-order valence-electron chi connectivity index (χ4n) is 1.84. The van der Waals surface area contributed by atoms with Crippen LogP contribution in [-0.4, -0.2) is 15.0 Å². The molecule has 0 atom stereocenters. The third-order valence-corrected chi connectivity index (χ3v) is 4.20. The van der Waals surface area contributed by atoms with E-state index in [1.807, 2.05) is 43.5 Å². The summed E-state index contributed by atoms with van der Waals surface area (Å²) in [5, 5.41) is 0.976. The molecule has 0 saturated heterocycles. The van der Waals surface area contributed by atoms with Crippen LogP contribution in [0.2, 0.25) is 0 Å². The molecule has 3 rings (SSSR count). The lowest BCUT2D eigenvalue weighted by Gasteiger charge is -1.97. The van der Waals surface area contributed by atoms with Crippen molar-refractivity contribution in [1.29, 1.82) is 0 Å². The number of pyridine rings is 2. The highest BCUT2D eigenvalue weighted by Gasteiger charge is 2.11. The van der Waals surface area contributed by atoms with Gasteiger partial charge in [0.15, 0.2) is 0 Å². The molecule has 0 bridgehead atoms. The van der Waals surface area contributed by atoms with Crippen LogP contribution in [0.5, 0.6) is 0 Å². The molecule has 5 heteroatoms. The number of H-pyrrole nitrogens is 1. The van der Waals surface area contributed by atoms with Gasteiger partial charge in [0.2, 0.25) is 0 Å². The van der Waals surface area contributed by atoms with Crippen LogP contribution in [0.4, 0.5) is 0 Å². The van der Waals surface area contributed by atoms with Gasteiger partial charge in [-0.1, -0.05) is 18.3 Å². The second-order valence-corrected chi connectivity index (χ2v) is 5.54. The van der Waals surface area contributed by atoms with Crippen molar-refractivity contribution in [2.45, 2.75) is 6.92 Å². The normalized spacial score (nSPS) is 10.6.